The summed E-state index contributed by atoms with van der Waals surface area (Å²) < 4.78 is 32.5. The molecule has 2 N–H and O–H groups in total. The van der Waals surface area contributed by atoms with Crippen LogP contribution in [0.4, 0.5) is 5.69 Å². The molecule has 1 aromatic heterocycles. The maximum atomic E-state index is 13.1. The van der Waals surface area contributed by atoms with Gasteiger partial charge in [0.05, 0.1) is 16.3 Å². The van der Waals surface area contributed by atoms with E-state index in [1.165, 1.54) is 22.5 Å². The number of H-pyrrole nitrogens is 1. The molecule has 2 heterocycles. The van der Waals surface area contributed by atoms with Crippen molar-refractivity contribution >= 4 is 32.7 Å². The van der Waals surface area contributed by atoms with Crippen LogP contribution in [-0.4, -0.2) is 36.7 Å². The maximum absolute atomic E-state index is 13.1. The number of carbonyl (C=O) groups is 1. The first kappa shape index (κ1) is 20.4. The Morgan fingerprint density at radius 2 is 2.10 bits per heavy atom. The molecule has 3 aromatic rings. The van der Waals surface area contributed by atoms with Gasteiger partial charge in [-0.15, -0.1) is 0 Å². The highest BCUT2D eigenvalue weighted by Gasteiger charge is 2.33. The highest BCUT2D eigenvalue weighted by atomic mass is 32.2. The molecule has 4 rings (SSSR count). The van der Waals surface area contributed by atoms with Crippen LogP contribution in [0.3, 0.4) is 0 Å². The Morgan fingerprint density at radius 3 is 2.90 bits per heavy atom. The van der Waals surface area contributed by atoms with Gasteiger partial charge in [-0.2, -0.15) is 4.31 Å². The minimum absolute atomic E-state index is 0.0365. The minimum atomic E-state index is -3.82. The SMILES string of the molecule is CCc1cccc(NC(=O)C2CCCN(S(=O)(=O)c3ccc4[nH]c(=O)oc4c3)C2)c1. The van der Waals surface area contributed by atoms with Crippen molar-refractivity contribution in [2.45, 2.75) is 31.1 Å². The van der Waals surface area contributed by atoms with Gasteiger partial charge in [0.25, 0.3) is 0 Å². The molecule has 30 heavy (non-hydrogen) atoms. The Hall–Kier alpha value is -2.91. The van der Waals surface area contributed by atoms with E-state index in [-0.39, 0.29) is 22.9 Å². The molecule has 1 saturated heterocycles. The van der Waals surface area contributed by atoms with E-state index >= 15 is 0 Å². The fourth-order valence-electron chi connectivity index (χ4n) is 3.72. The molecule has 158 valence electrons. The Bertz CT molecular complexity index is 1240. The lowest BCUT2D eigenvalue weighted by molar-refractivity contribution is -0.120. The summed E-state index contributed by atoms with van der Waals surface area (Å²) in [6, 6.07) is 11.9. The number of sulfonamides is 1. The molecule has 1 unspecified atom stereocenters. The summed E-state index contributed by atoms with van der Waals surface area (Å²) in [4.78, 5) is 26.6. The van der Waals surface area contributed by atoms with E-state index in [2.05, 4.69) is 10.3 Å². The van der Waals surface area contributed by atoms with Crippen molar-refractivity contribution in [2.75, 3.05) is 18.4 Å². The van der Waals surface area contributed by atoms with Crippen LogP contribution in [0.25, 0.3) is 11.1 Å². The summed E-state index contributed by atoms with van der Waals surface area (Å²) in [6.45, 7) is 2.49. The fraction of sp³-hybridized carbons (Fsp3) is 0.333. The lowest BCUT2D eigenvalue weighted by Crippen LogP contribution is -2.43. The monoisotopic (exact) mass is 429 g/mol. The molecule has 2 aromatic carbocycles. The first-order valence-corrected chi connectivity index (χ1v) is 11.3. The van der Waals surface area contributed by atoms with Gasteiger partial charge in [0.2, 0.25) is 15.9 Å². The number of carbonyl (C=O) groups excluding carboxylic acids is 1. The zero-order chi connectivity index (χ0) is 21.3. The molecule has 0 aliphatic carbocycles. The number of oxazole rings is 1. The second kappa shape index (κ2) is 8.08. The van der Waals surface area contributed by atoms with Gasteiger partial charge < -0.3 is 9.73 Å². The first-order chi connectivity index (χ1) is 14.4. The van der Waals surface area contributed by atoms with Crippen LogP contribution < -0.4 is 11.1 Å². The number of aromatic nitrogens is 1. The standard InChI is InChI=1S/C21H23N3O5S/c1-2-14-5-3-7-16(11-14)22-20(25)15-6-4-10-24(13-15)30(27,28)17-8-9-18-19(12-17)29-21(26)23-18/h3,5,7-9,11-12,15H,2,4,6,10,13H2,1H3,(H,22,25)(H,23,26). The van der Waals surface area contributed by atoms with E-state index in [9.17, 15) is 18.0 Å². The molecular weight excluding hydrogens is 406 g/mol. The molecule has 8 nitrogen and oxygen atoms in total. The Morgan fingerprint density at radius 1 is 1.27 bits per heavy atom. The molecule has 1 amide bonds. The third-order valence-electron chi connectivity index (χ3n) is 5.39. The molecule has 1 aliphatic rings. The fourth-order valence-corrected chi connectivity index (χ4v) is 5.26. The van der Waals surface area contributed by atoms with Crippen LogP contribution in [0.2, 0.25) is 0 Å². The molecule has 0 bridgehead atoms. The largest absolute Gasteiger partial charge is 0.417 e. The third-order valence-corrected chi connectivity index (χ3v) is 7.25. The summed E-state index contributed by atoms with van der Waals surface area (Å²) in [5.74, 6) is -1.26. The predicted octanol–water partition coefficient (Wildman–Crippen LogP) is 2.72. The van der Waals surface area contributed by atoms with Crippen molar-refractivity contribution in [3.8, 4) is 0 Å². The van der Waals surface area contributed by atoms with E-state index in [4.69, 9.17) is 4.42 Å². The number of piperidine rings is 1. The summed E-state index contributed by atoms with van der Waals surface area (Å²) in [5.41, 5.74) is 2.45. The molecule has 0 saturated carbocycles. The second-order valence-corrected chi connectivity index (χ2v) is 9.36. The number of amides is 1. The smallest absolute Gasteiger partial charge is 0.408 e. The quantitative estimate of drug-likeness (QED) is 0.648. The van der Waals surface area contributed by atoms with Crippen LogP contribution in [-0.2, 0) is 21.2 Å². The van der Waals surface area contributed by atoms with Crippen molar-refractivity contribution in [2.24, 2.45) is 5.92 Å². The van der Waals surface area contributed by atoms with Gasteiger partial charge in [-0.05, 0) is 49.1 Å². The first-order valence-electron chi connectivity index (χ1n) is 9.89. The normalized spacial score (nSPS) is 17.8. The number of rotatable bonds is 5. The number of aromatic amines is 1. The van der Waals surface area contributed by atoms with E-state index < -0.39 is 21.7 Å². The average Bonchev–Trinajstić information content (AvgIpc) is 3.13. The van der Waals surface area contributed by atoms with Gasteiger partial charge >= 0.3 is 5.76 Å². The molecule has 1 atom stereocenters. The number of benzene rings is 2. The van der Waals surface area contributed by atoms with E-state index in [0.717, 1.165) is 12.0 Å². The van der Waals surface area contributed by atoms with Gasteiger partial charge in [0.15, 0.2) is 5.58 Å². The van der Waals surface area contributed by atoms with Gasteiger partial charge in [-0.3, -0.25) is 9.78 Å². The Kier molecular flexibility index (Phi) is 5.48. The van der Waals surface area contributed by atoms with Crippen molar-refractivity contribution in [3.63, 3.8) is 0 Å². The number of anilines is 1. The van der Waals surface area contributed by atoms with Crippen LogP contribution in [0, 0.1) is 5.92 Å². The van der Waals surface area contributed by atoms with Crippen molar-refractivity contribution in [3.05, 3.63) is 58.6 Å². The number of fused-ring (bicyclic) bond motifs is 1. The summed E-state index contributed by atoms with van der Waals surface area (Å²) >= 11 is 0. The molecule has 0 spiro atoms. The Balaban J connectivity index is 1.51. The highest BCUT2D eigenvalue weighted by Crippen LogP contribution is 2.26. The third kappa shape index (κ3) is 4.03. The predicted molar refractivity (Wildman–Crippen MR) is 113 cm³/mol. The van der Waals surface area contributed by atoms with E-state index in [1.807, 2.05) is 31.2 Å². The number of aryl methyl sites for hydroxylation is 1. The Labute approximate surface area is 173 Å². The van der Waals surface area contributed by atoms with Crippen molar-refractivity contribution in [1.29, 1.82) is 0 Å². The number of hydrogen-bond acceptors (Lipinski definition) is 5. The topological polar surface area (TPSA) is 112 Å². The zero-order valence-electron chi connectivity index (χ0n) is 16.6. The number of hydrogen-bond donors (Lipinski definition) is 2. The molecule has 9 heteroatoms. The number of nitrogens with zero attached hydrogens (tertiary/aromatic N) is 1. The average molecular weight is 429 g/mol. The summed E-state index contributed by atoms with van der Waals surface area (Å²) in [6.07, 6.45) is 2.08. The van der Waals surface area contributed by atoms with Crippen LogP contribution in [0.1, 0.15) is 25.3 Å². The van der Waals surface area contributed by atoms with Crippen molar-refractivity contribution in [1.82, 2.24) is 9.29 Å². The van der Waals surface area contributed by atoms with Gasteiger partial charge in [-0.25, -0.2) is 13.2 Å². The zero-order valence-corrected chi connectivity index (χ0v) is 17.4. The molecular formula is C21H23N3O5S. The van der Waals surface area contributed by atoms with Gasteiger partial charge in [0.1, 0.15) is 0 Å². The molecule has 0 radical (unpaired) electrons. The van der Waals surface area contributed by atoms with Crippen LogP contribution >= 0.6 is 0 Å². The number of nitrogens with one attached hydrogen (secondary N) is 2. The highest BCUT2D eigenvalue weighted by molar-refractivity contribution is 7.89. The van der Waals surface area contributed by atoms with Crippen molar-refractivity contribution < 1.29 is 17.6 Å². The minimum Gasteiger partial charge on any atom is -0.408 e. The summed E-state index contributed by atoms with van der Waals surface area (Å²) in [7, 11) is -3.82. The second-order valence-electron chi connectivity index (χ2n) is 7.42. The van der Waals surface area contributed by atoms with Crippen LogP contribution in [0.5, 0.6) is 0 Å². The molecule has 1 fully saturated rings. The maximum Gasteiger partial charge on any atom is 0.417 e. The van der Waals surface area contributed by atoms with Crippen LogP contribution in [0.15, 0.2) is 56.6 Å². The van der Waals surface area contributed by atoms with Gasteiger partial charge in [0, 0.05) is 24.8 Å². The lowest BCUT2D eigenvalue weighted by Gasteiger charge is -2.31. The van der Waals surface area contributed by atoms with Gasteiger partial charge in [-0.1, -0.05) is 19.1 Å². The molecule has 1 aliphatic heterocycles. The summed E-state index contributed by atoms with van der Waals surface area (Å²) in [5, 5.41) is 2.91. The lowest BCUT2D eigenvalue weighted by atomic mass is 9.98. The van der Waals surface area contributed by atoms with E-state index in [0.29, 0.717) is 30.6 Å². The van der Waals surface area contributed by atoms with E-state index in [1.54, 1.807) is 0 Å².